The maximum atomic E-state index is 12.2. The predicted octanol–water partition coefficient (Wildman–Crippen LogP) is 2.73. The van der Waals surface area contributed by atoms with Crippen LogP contribution >= 0.6 is 27.3 Å². The third-order valence-corrected chi connectivity index (χ3v) is 5.75. The average Bonchev–Trinajstić information content (AvgIpc) is 2.83. The molecule has 2 aromatic rings. The van der Waals surface area contributed by atoms with Crippen LogP contribution in [0.1, 0.15) is 0 Å². The summed E-state index contributed by atoms with van der Waals surface area (Å²) >= 11 is 4.44. The average molecular weight is 333 g/mol. The van der Waals surface area contributed by atoms with Gasteiger partial charge >= 0.3 is 0 Å². The third-order valence-electron chi connectivity index (χ3n) is 2.14. The highest BCUT2D eigenvalue weighted by Crippen LogP contribution is 2.24. The van der Waals surface area contributed by atoms with Gasteiger partial charge in [-0.1, -0.05) is 6.07 Å². The van der Waals surface area contributed by atoms with Crippen LogP contribution in [0.2, 0.25) is 0 Å². The Morgan fingerprint density at radius 3 is 2.65 bits per heavy atom. The lowest BCUT2D eigenvalue weighted by molar-refractivity contribution is 0.596. The number of anilines is 1. The van der Waals surface area contributed by atoms with Crippen LogP contribution in [-0.4, -0.2) is 20.4 Å². The molecule has 0 aliphatic rings. The van der Waals surface area contributed by atoms with Crippen molar-refractivity contribution >= 4 is 43.1 Å². The highest BCUT2D eigenvalue weighted by atomic mass is 79.9. The van der Waals surface area contributed by atoms with E-state index in [0.29, 0.717) is 10.0 Å². The SMILES string of the molecule is CN(c1ccc(Br)cn1)S(=O)(=O)c1cccs1. The molecule has 0 aromatic carbocycles. The van der Waals surface area contributed by atoms with Crippen LogP contribution in [0.3, 0.4) is 0 Å². The van der Waals surface area contributed by atoms with Gasteiger partial charge in [-0.3, -0.25) is 4.31 Å². The van der Waals surface area contributed by atoms with Crippen molar-refractivity contribution in [2.45, 2.75) is 4.21 Å². The smallest absolute Gasteiger partial charge is 0.252 e. The summed E-state index contributed by atoms with van der Waals surface area (Å²) in [4.78, 5) is 4.06. The summed E-state index contributed by atoms with van der Waals surface area (Å²) in [5.74, 6) is 0.390. The molecule has 7 heteroatoms. The van der Waals surface area contributed by atoms with Crippen LogP contribution in [0.15, 0.2) is 44.5 Å². The molecule has 0 saturated heterocycles. The van der Waals surface area contributed by atoms with Crippen LogP contribution in [0, 0.1) is 0 Å². The van der Waals surface area contributed by atoms with E-state index in [0.717, 1.165) is 4.47 Å². The highest BCUT2D eigenvalue weighted by Gasteiger charge is 2.22. The lowest BCUT2D eigenvalue weighted by Gasteiger charge is -2.16. The Labute approximate surface area is 112 Å². The van der Waals surface area contributed by atoms with E-state index in [1.54, 1.807) is 35.8 Å². The Bertz CT molecular complexity index is 594. The monoisotopic (exact) mass is 332 g/mol. The zero-order chi connectivity index (χ0) is 12.5. The fourth-order valence-corrected chi connectivity index (χ4v) is 3.77. The number of rotatable bonds is 3. The third kappa shape index (κ3) is 2.51. The van der Waals surface area contributed by atoms with E-state index < -0.39 is 10.0 Å². The van der Waals surface area contributed by atoms with Crippen LogP contribution < -0.4 is 4.31 Å². The van der Waals surface area contributed by atoms with Crippen molar-refractivity contribution in [1.82, 2.24) is 4.98 Å². The molecule has 0 aliphatic carbocycles. The van der Waals surface area contributed by atoms with Gasteiger partial charge in [0.15, 0.2) is 0 Å². The largest absolute Gasteiger partial charge is 0.274 e. The van der Waals surface area contributed by atoms with E-state index in [4.69, 9.17) is 0 Å². The molecule has 0 bridgehead atoms. The zero-order valence-corrected chi connectivity index (χ0v) is 12.1. The second-order valence-corrected chi connectivity index (χ2v) is 7.30. The first-order chi connectivity index (χ1) is 8.01. The summed E-state index contributed by atoms with van der Waals surface area (Å²) in [6, 6.07) is 6.69. The number of thiophene rings is 1. The molecule has 0 atom stereocenters. The van der Waals surface area contributed by atoms with Crippen LogP contribution in [0.4, 0.5) is 5.82 Å². The van der Waals surface area contributed by atoms with Gasteiger partial charge in [-0.25, -0.2) is 13.4 Å². The van der Waals surface area contributed by atoms with Crippen LogP contribution in [-0.2, 0) is 10.0 Å². The standard InChI is InChI=1S/C10H9BrN2O2S2/c1-13(9-5-4-8(11)7-12-9)17(14,15)10-3-2-6-16-10/h2-7H,1H3. The fourth-order valence-electron chi connectivity index (χ4n) is 1.22. The van der Waals surface area contributed by atoms with Gasteiger partial charge in [0.1, 0.15) is 10.0 Å². The molecule has 4 nitrogen and oxygen atoms in total. The van der Waals surface area contributed by atoms with Gasteiger partial charge in [-0.2, -0.15) is 0 Å². The Kier molecular flexibility index (Phi) is 3.50. The Morgan fingerprint density at radius 2 is 2.12 bits per heavy atom. The van der Waals surface area contributed by atoms with Crippen LogP contribution in [0.25, 0.3) is 0 Å². The summed E-state index contributed by atoms with van der Waals surface area (Å²) in [5.41, 5.74) is 0. The van der Waals surface area contributed by atoms with Gasteiger partial charge in [0.2, 0.25) is 0 Å². The molecular weight excluding hydrogens is 324 g/mol. The molecule has 0 fully saturated rings. The summed E-state index contributed by atoms with van der Waals surface area (Å²) in [7, 11) is -2.00. The van der Waals surface area contributed by atoms with E-state index in [2.05, 4.69) is 20.9 Å². The molecule has 2 rings (SSSR count). The van der Waals surface area contributed by atoms with E-state index in [-0.39, 0.29) is 0 Å². The molecule has 0 aliphatic heterocycles. The first-order valence-corrected chi connectivity index (χ1v) is 7.77. The van der Waals surface area contributed by atoms with Gasteiger partial charge in [-0.05, 0) is 39.5 Å². The molecular formula is C10H9BrN2O2S2. The minimum atomic E-state index is -3.49. The molecule has 0 amide bonds. The number of hydrogen-bond donors (Lipinski definition) is 0. The topological polar surface area (TPSA) is 50.3 Å². The van der Waals surface area contributed by atoms with Gasteiger partial charge in [0.25, 0.3) is 10.0 Å². The molecule has 0 N–H and O–H groups in total. The molecule has 90 valence electrons. The first-order valence-electron chi connectivity index (χ1n) is 4.66. The van der Waals surface area contributed by atoms with Crippen molar-refractivity contribution < 1.29 is 8.42 Å². The van der Waals surface area contributed by atoms with Crippen molar-refractivity contribution in [2.24, 2.45) is 0 Å². The van der Waals surface area contributed by atoms with Gasteiger partial charge < -0.3 is 0 Å². The first kappa shape index (κ1) is 12.5. The maximum Gasteiger partial charge on any atom is 0.274 e. The van der Waals surface area contributed by atoms with Gasteiger partial charge in [0.05, 0.1) is 0 Å². The van der Waals surface area contributed by atoms with E-state index >= 15 is 0 Å². The number of nitrogens with zero attached hydrogens (tertiary/aromatic N) is 2. The van der Waals surface area contributed by atoms with Crippen molar-refractivity contribution in [3.63, 3.8) is 0 Å². The minimum absolute atomic E-state index is 0.310. The number of hydrogen-bond acceptors (Lipinski definition) is 4. The van der Waals surface area contributed by atoms with Gasteiger partial charge in [0, 0.05) is 17.7 Å². The van der Waals surface area contributed by atoms with E-state index in [9.17, 15) is 8.42 Å². The van der Waals surface area contributed by atoms with E-state index in [1.807, 2.05) is 0 Å². The van der Waals surface area contributed by atoms with E-state index in [1.165, 1.54) is 22.7 Å². The molecule has 0 saturated carbocycles. The predicted molar refractivity (Wildman–Crippen MR) is 71.8 cm³/mol. The number of sulfonamides is 1. The maximum absolute atomic E-state index is 12.2. The highest BCUT2D eigenvalue weighted by molar-refractivity contribution is 9.10. The Morgan fingerprint density at radius 1 is 1.35 bits per heavy atom. The lowest BCUT2D eigenvalue weighted by atomic mass is 10.5. The molecule has 0 spiro atoms. The van der Waals surface area contributed by atoms with Crippen LogP contribution in [0.5, 0.6) is 0 Å². The van der Waals surface area contributed by atoms with Crippen molar-refractivity contribution in [2.75, 3.05) is 11.4 Å². The van der Waals surface area contributed by atoms with Crippen molar-refractivity contribution in [3.05, 3.63) is 40.3 Å². The molecule has 2 aromatic heterocycles. The number of pyridine rings is 1. The van der Waals surface area contributed by atoms with Crippen molar-refractivity contribution in [3.8, 4) is 0 Å². The quantitative estimate of drug-likeness (QED) is 0.868. The van der Waals surface area contributed by atoms with Crippen molar-refractivity contribution in [1.29, 1.82) is 0 Å². The summed E-state index contributed by atoms with van der Waals surface area (Å²) in [6.07, 6.45) is 1.57. The summed E-state index contributed by atoms with van der Waals surface area (Å²) < 4.78 is 26.6. The summed E-state index contributed by atoms with van der Waals surface area (Å²) in [5, 5.41) is 1.73. The second kappa shape index (κ2) is 4.75. The molecule has 0 radical (unpaired) electrons. The molecule has 0 unspecified atom stereocenters. The lowest BCUT2D eigenvalue weighted by Crippen LogP contribution is -2.26. The fraction of sp³-hybridized carbons (Fsp3) is 0.100. The Hall–Kier alpha value is -0.920. The molecule has 2 heterocycles. The molecule has 17 heavy (non-hydrogen) atoms. The second-order valence-electron chi connectivity index (χ2n) is 3.24. The Balaban J connectivity index is 2.38. The zero-order valence-electron chi connectivity index (χ0n) is 8.87. The number of aromatic nitrogens is 1. The summed E-state index contributed by atoms with van der Waals surface area (Å²) in [6.45, 7) is 0. The normalized spacial score (nSPS) is 11.4. The minimum Gasteiger partial charge on any atom is -0.252 e. The number of halogens is 1. The van der Waals surface area contributed by atoms with Gasteiger partial charge in [-0.15, -0.1) is 11.3 Å².